The summed E-state index contributed by atoms with van der Waals surface area (Å²) < 4.78 is 6.14. The number of aromatic nitrogens is 1. The fraction of sp³-hybridized carbons (Fsp3) is 0.0278. The number of nitrogens with zero attached hydrogens (tertiary/aromatic N) is 3. The molecule has 5 nitrogen and oxygen atoms in total. The zero-order valence-electron chi connectivity index (χ0n) is 21.9. The quantitative estimate of drug-likeness (QED) is 0.252. The predicted octanol–water partition coefficient (Wildman–Crippen LogP) is 8.28. The van der Waals surface area contributed by atoms with Crippen LogP contribution in [0.15, 0.2) is 136 Å². The van der Waals surface area contributed by atoms with Crippen molar-refractivity contribution in [2.24, 2.45) is 9.98 Å². The molecule has 9 rings (SSSR count). The highest BCUT2D eigenvalue weighted by molar-refractivity contribution is 6.23. The average Bonchev–Trinajstić information content (AvgIpc) is 3.58. The van der Waals surface area contributed by atoms with Crippen molar-refractivity contribution >= 4 is 44.5 Å². The number of amidine groups is 2. The Kier molecular flexibility index (Phi) is 4.61. The smallest absolute Gasteiger partial charge is 0.169 e. The molecule has 2 aliphatic rings. The normalized spacial score (nSPS) is 15.6. The van der Waals surface area contributed by atoms with Gasteiger partial charge in [-0.05, 0) is 62.9 Å². The van der Waals surface area contributed by atoms with Gasteiger partial charge in [-0.2, -0.15) is 0 Å². The van der Waals surface area contributed by atoms with Crippen LogP contribution in [0.4, 0.5) is 0 Å². The molecular weight excluding hydrogens is 504 g/mol. The number of rotatable bonds is 3. The second-order valence-corrected chi connectivity index (χ2v) is 10.5. The SMILES string of the molecule is c1ccc(C2N=C(c3ccc4c(c3)-c3cccc5cccc-4c35)NC(c3cccc4oc5cccnc5c34)=N2)cc1. The Hall–Kier alpha value is -5.55. The fourth-order valence-electron chi connectivity index (χ4n) is 6.28. The first-order chi connectivity index (χ1) is 20.3. The van der Waals surface area contributed by atoms with Crippen molar-refractivity contribution in [3.63, 3.8) is 0 Å². The van der Waals surface area contributed by atoms with Crippen LogP contribution in [0.25, 0.3) is 55.1 Å². The zero-order valence-corrected chi connectivity index (χ0v) is 21.9. The summed E-state index contributed by atoms with van der Waals surface area (Å²) in [7, 11) is 0. The van der Waals surface area contributed by atoms with Gasteiger partial charge in [-0.1, -0.05) is 91.0 Å². The topological polar surface area (TPSA) is 62.8 Å². The summed E-state index contributed by atoms with van der Waals surface area (Å²) in [5.74, 6) is 1.53. The lowest BCUT2D eigenvalue weighted by molar-refractivity contribution is 0.668. The van der Waals surface area contributed by atoms with E-state index in [0.717, 1.165) is 50.4 Å². The fourth-order valence-corrected chi connectivity index (χ4v) is 6.28. The van der Waals surface area contributed by atoms with E-state index < -0.39 is 6.17 Å². The van der Waals surface area contributed by atoms with Crippen molar-refractivity contribution in [2.45, 2.75) is 6.17 Å². The number of pyridine rings is 1. The van der Waals surface area contributed by atoms with Gasteiger partial charge in [-0.15, -0.1) is 0 Å². The molecule has 1 aliphatic carbocycles. The van der Waals surface area contributed by atoms with E-state index >= 15 is 0 Å². The number of fused-ring (bicyclic) bond motifs is 6. The first-order valence-corrected chi connectivity index (χ1v) is 13.7. The summed E-state index contributed by atoms with van der Waals surface area (Å²) in [4.78, 5) is 14.9. The maximum absolute atomic E-state index is 6.14. The third-order valence-corrected chi connectivity index (χ3v) is 8.12. The summed E-state index contributed by atoms with van der Waals surface area (Å²) in [6.07, 6.45) is 1.41. The summed E-state index contributed by atoms with van der Waals surface area (Å²) in [6, 6.07) is 39.9. The van der Waals surface area contributed by atoms with E-state index in [1.54, 1.807) is 6.20 Å². The van der Waals surface area contributed by atoms with Crippen LogP contribution in [-0.2, 0) is 0 Å². The van der Waals surface area contributed by atoms with Gasteiger partial charge in [-0.25, -0.2) is 9.98 Å². The molecule has 0 fully saturated rings. The van der Waals surface area contributed by atoms with E-state index in [1.165, 1.54) is 33.0 Å². The Balaban J connectivity index is 1.22. The number of benzene rings is 5. The molecule has 0 amide bonds. The Morgan fingerprint density at radius 2 is 1.32 bits per heavy atom. The minimum absolute atomic E-state index is 0.391. The van der Waals surface area contributed by atoms with Crippen molar-refractivity contribution in [1.82, 2.24) is 10.3 Å². The van der Waals surface area contributed by atoms with E-state index in [4.69, 9.17) is 14.4 Å². The third kappa shape index (κ3) is 3.33. The second kappa shape index (κ2) is 8.47. The summed E-state index contributed by atoms with van der Waals surface area (Å²) >= 11 is 0. The third-order valence-electron chi connectivity index (χ3n) is 8.12. The highest BCUT2D eigenvalue weighted by Gasteiger charge is 2.26. The predicted molar refractivity (Wildman–Crippen MR) is 165 cm³/mol. The molecule has 5 aromatic carbocycles. The molecule has 1 aliphatic heterocycles. The maximum atomic E-state index is 6.14. The summed E-state index contributed by atoms with van der Waals surface area (Å²) in [5.41, 5.74) is 10.4. The molecule has 3 heterocycles. The van der Waals surface area contributed by atoms with Crippen LogP contribution in [0.5, 0.6) is 0 Å². The highest BCUT2D eigenvalue weighted by atomic mass is 16.3. The van der Waals surface area contributed by atoms with Gasteiger partial charge < -0.3 is 9.73 Å². The molecule has 1 unspecified atom stereocenters. The number of nitrogens with one attached hydrogen (secondary N) is 1. The van der Waals surface area contributed by atoms with Gasteiger partial charge in [-0.3, -0.25) is 4.98 Å². The molecule has 0 bridgehead atoms. The molecule has 1 atom stereocenters. The number of hydrogen-bond donors (Lipinski definition) is 1. The molecule has 41 heavy (non-hydrogen) atoms. The number of aliphatic imine (C=N–C) groups is 2. The van der Waals surface area contributed by atoms with Crippen molar-refractivity contribution < 1.29 is 4.42 Å². The Bertz CT molecular complexity index is 2240. The molecule has 0 saturated heterocycles. The number of furan rings is 1. The largest absolute Gasteiger partial charge is 0.454 e. The van der Waals surface area contributed by atoms with Crippen LogP contribution in [0, 0.1) is 0 Å². The Labute approximate surface area is 235 Å². The molecule has 0 spiro atoms. The molecule has 0 radical (unpaired) electrons. The Morgan fingerprint density at radius 1 is 0.561 bits per heavy atom. The van der Waals surface area contributed by atoms with Crippen LogP contribution in [0.2, 0.25) is 0 Å². The average molecular weight is 527 g/mol. The van der Waals surface area contributed by atoms with Gasteiger partial charge in [0.2, 0.25) is 0 Å². The van der Waals surface area contributed by atoms with Gasteiger partial charge in [0.15, 0.2) is 11.7 Å². The molecular formula is C36H22N4O. The maximum Gasteiger partial charge on any atom is 0.169 e. The van der Waals surface area contributed by atoms with E-state index in [9.17, 15) is 0 Å². The molecule has 5 heteroatoms. The molecule has 1 N–H and O–H groups in total. The van der Waals surface area contributed by atoms with E-state index in [-0.39, 0.29) is 0 Å². The molecule has 2 aromatic heterocycles. The number of hydrogen-bond acceptors (Lipinski definition) is 5. The Morgan fingerprint density at radius 3 is 2.20 bits per heavy atom. The lowest BCUT2D eigenvalue weighted by Crippen LogP contribution is -2.36. The zero-order chi connectivity index (χ0) is 26.9. The lowest BCUT2D eigenvalue weighted by Gasteiger charge is -2.23. The monoisotopic (exact) mass is 526 g/mol. The van der Waals surface area contributed by atoms with Gasteiger partial charge in [0.25, 0.3) is 0 Å². The summed E-state index contributed by atoms with van der Waals surface area (Å²) in [6.45, 7) is 0. The van der Waals surface area contributed by atoms with Crippen LogP contribution in [0.1, 0.15) is 22.9 Å². The summed E-state index contributed by atoms with van der Waals surface area (Å²) in [5, 5.41) is 7.12. The van der Waals surface area contributed by atoms with Crippen LogP contribution in [-0.4, -0.2) is 16.7 Å². The van der Waals surface area contributed by atoms with Gasteiger partial charge >= 0.3 is 0 Å². The minimum atomic E-state index is -0.391. The van der Waals surface area contributed by atoms with E-state index in [0.29, 0.717) is 0 Å². The second-order valence-electron chi connectivity index (χ2n) is 10.5. The van der Waals surface area contributed by atoms with E-state index in [1.807, 2.05) is 42.5 Å². The van der Waals surface area contributed by atoms with Crippen molar-refractivity contribution in [1.29, 1.82) is 0 Å². The first kappa shape index (κ1) is 22.3. The lowest BCUT2D eigenvalue weighted by atomic mass is 10.00. The standard InChI is InChI=1S/C36H22N4O/c1-2-8-22(9-3-1)34-38-35(23-17-18-24-25-12-4-10-21-11-5-13-26(31(21)25)28(24)20-23)40-36(39-34)27-14-6-15-29-32(27)33-30(41-29)16-7-19-37-33/h1-20,34H,(H,38,39,40). The van der Waals surface area contributed by atoms with Crippen LogP contribution >= 0.6 is 0 Å². The van der Waals surface area contributed by atoms with Crippen molar-refractivity contribution in [2.75, 3.05) is 0 Å². The van der Waals surface area contributed by atoms with Crippen LogP contribution < -0.4 is 5.32 Å². The van der Waals surface area contributed by atoms with Crippen molar-refractivity contribution in [3.8, 4) is 22.3 Å². The van der Waals surface area contributed by atoms with Gasteiger partial charge in [0.1, 0.15) is 22.8 Å². The minimum Gasteiger partial charge on any atom is -0.454 e. The molecule has 0 saturated carbocycles. The van der Waals surface area contributed by atoms with E-state index in [2.05, 4.69) is 83.1 Å². The molecule has 192 valence electrons. The van der Waals surface area contributed by atoms with Crippen LogP contribution in [0.3, 0.4) is 0 Å². The molecule has 7 aromatic rings. The van der Waals surface area contributed by atoms with Gasteiger partial charge in [0, 0.05) is 17.3 Å². The van der Waals surface area contributed by atoms with Crippen molar-refractivity contribution in [3.05, 3.63) is 138 Å². The highest BCUT2D eigenvalue weighted by Crippen LogP contribution is 2.47. The first-order valence-electron chi connectivity index (χ1n) is 13.7. The van der Waals surface area contributed by atoms with Gasteiger partial charge in [0.05, 0.1) is 5.39 Å².